The van der Waals surface area contributed by atoms with Gasteiger partial charge in [0.1, 0.15) is 0 Å². The second-order valence-electron chi connectivity index (χ2n) is 4.82. The van der Waals surface area contributed by atoms with Gasteiger partial charge in [0.05, 0.1) is 18.2 Å². The maximum absolute atomic E-state index is 4.41. The summed E-state index contributed by atoms with van der Waals surface area (Å²) in [5, 5.41) is 6.32. The number of hydrogen-bond acceptors (Lipinski definition) is 4. The van der Waals surface area contributed by atoms with Crippen molar-refractivity contribution >= 4 is 0 Å². The lowest BCUT2D eigenvalue weighted by molar-refractivity contribution is 0.616. The molecule has 108 valence electrons. The van der Waals surface area contributed by atoms with E-state index in [1.54, 1.807) is 0 Å². The minimum atomic E-state index is 0.942. The van der Waals surface area contributed by atoms with Gasteiger partial charge in [0.2, 0.25) is 0 Å². The number of likely N-dealkylation sites (N-methyl/N-ethyl adjacent to an activating group) is 1. The number of nitrogens with one attached hydrogen (secondary N) is 2. The molecule has 5 heteroatoms. The molecule has 0 bridgehead atoms. The molecule has 2 aromatic rings. The smallest absolute Gasteiger partial charge is 0.0950 e. The van der Waals surface area contributed by atoms with Gasteiger partial charge in [-0.2, -0.15) is 0 Å². The highest BCUT2D eigenvalue weighted by atomic mass is 15.0. The summed E-state index contributed by atoms with van der Waals surface area (Å²) < 4.78 is 2.20. The average molecular weight is 273 g/mol. The van der Waals surface area contributed by atoms with Crippen LogP contribution in [-0.4, -0.2) is 41.7 Å². The van der Waals surface area contributed by atoms with E-state index in [1.807, 2.05) is 32.8 Å². The zero-order chi connectivity index (χ0) is 14.2. The highest BCUT2D eigenvalue weighted by Crippen LogP contribution is 2.19. The molecule has 2 N–H and O–H groups in total. The predicted octanol–water partition coefficient (Wildman–Crippen LogP) is 1.32. The fourth-order valence-corrected chi connectivity index (χ4v) is 2.19. The summed E-state index contributed by atoms with van der Waals surface area (Å²) in [4.78, 5) is 8.69. The second kappa shape index (κ2) is 7.77. The van der Waals surface area contributed by atoms with Crippen LogP contribution in [0.1, 0.15) is 12.1 Å². The van der Waals surface area contributed by atoms with Crippen LogP contribution in [-0.2, 0) is 13.0 Å². The first-order chi connectivity index (χ1) is 9.85. The second-order valence-corrected chi connectivity index (χ2v) is 4.82. The van der Waals surface area contributed by atoms with Gasteiger partial charge in [0.25, 0.3) is 0 Å². The Balaban J connectivity index is 2.12. The van der Waals surface area contributed by atoms with E-state index in [4.69, 9.17) is 0 Å². The van der Waals surface area contributed by atoms with E-state index in [2.05, 4.69) is 37.3 Å². The number of aromatic nitrogens is 3. The standard InChI is InChI=1S/C15H23N5/c1-16-6-3-9-20-12-18-11-15(20)13-4-8-19-14(10-13)5-7-17-2/h4,8,10-12,16-17H,3,5-7,9H2,1-2H3. The Kier molecular flexibility index (Phi) is 5.70. The van der Waals surface area contributed by atoms with Crippen molar-refractivity contribution in [2.24, 2.45) is 0 Å². The van der Waals surface area contributed by atoms with E-state index in [1.165, 1.54) is 5.56 Å². The molecular weight excluding hydrogens is 250 g/mol. The summed E-state index contributed by atoms with van der Waals surface area (Å²) in [6.07, 6.45) is 7.75. The Labute approximate surface area is 120 Å². The third kappa shape index (κ3) is 3.88. The molecule has 2 rings (SSSR count). The number of hydrogen-bond donors (Lipinski definition) is 2. The molecule has 0 saturated heterocycles. The van der Waals surface area contributed by atoms with Crippen molar-refractivity contribution in [3.63, 3.8) is 0 Å². The van der Waals surface area contributed by atoms with Crippen LogP contribution in [0.15, 0.2) is 30.9 Å². The Hall–Kier alpha value is -1.72. The van der Waals surface area contributed by atoms with Gasteiger partial charge in [-0.1, -0.05) is 0 Å². The van der Waals surface area contributed by atoms with Gasteiger partial charge in [-0.3, -0.25) is 4.98 Å². The van der Waals surface area contributed by atoms with E-state index in [0.29, 0.717) is 0 Å². The van der Waals surface area contributed by atoms with Crippen LogP contribution in [0.4, 0.5) is 0 Å². The molecule has 0 aromatic carbocycles. The van der Waals surface area contributed by atoms with Crippen molar-refractivity contribution < 1.29 is 0 Å². The Bertz CT molecular complexity index is 520. The predicted molar refractivity (Wildman–Crippen MR) is 81.6 cm³/mol. The van der Waals surface area contributed by atoms with Crippen molar-refractivity contribution in [2.45, 2.75) is 19.4 Å². The molecule has 2 aromatic heterocycles. The largest absolute Gasteiger partial charge is 0.331 e. The third-order valence-electron chi connectivity index (χ3n) is 3.28. The molecule has 0 fully saturated rings. The summed E-state index contributed by atoms with van der Waals surface area (Å²) in [6.45, 7) is 2.93. The highest BCUT2D eigenvalue weighted by molar-refractivity contribution is 5.58. The molecule has 0 amide bonds. The zero-order valence-electron chi connectivity index (χ0n) is 12.3. The molecule has 0 radical (unpaired) electrons. The summed E-state index contributed by atoms with van der Waals surface area (Å²) in [5.41, 5.74) is 3.46. The van der Waals surface area contributed by atoms with Gasteiger partial charge in [-0.15, -0.1) is 0 Å². The van der Waals surface area contributed by atoms with Crippen LogP contribution >= 0.6 is 0 Å². The molecule has 20 heavy (non-hydrogen) atoms. The van der Waals surface area contributed by atoms with Gasteiger partial charge >= 0.3 is 0 Å². The topological polar surface area (TPSA) is 54.8 Å². The van der Waals surface area contributed by atoms with Crippen LogP contribution in [0.3, 0.4) is 0 Å². The first-order valence-electron chi connectivity index (χ1n) is 7.09. The minimum Gasteiger partial charge on any atom is -0.331 e. The molecular formula is C15H23N5. The van der Waals surface area contributed by atoms with E-state index in [0.717, 1.165) is 43.9 Å². The van der Waals surface area contributed by atoms with Gasteiger partial charge in [-0.05, 0) is 39.2 Å². The molecule has 0 aliphatic rings. The average Bonchev–Trinajstić information content (AvgIpc) is 2.94. The molecule has 0 spiro atoms. The van der Waals surface area contributed by atoms with E-state index in [9.17, 15) is 0 Å². The number of rotatable bonds is 8. The Morgan fingerprint density at radius 1 is 1.20 bits per heavy atom. The molecule has 0 atom stereocenters. The van der Waals surface area contributed by atoms with Crippen molar-refractivity contribution in [3.8, 4) is 11.3 Å². The van der Waals surface area contributed by atoms with Crippen molar-refractivity contribution in [2.75, 3.05) is 27.2 Å². The quantitative estimate of drug-likeness (QED) is 0.712. The first kappa shape index (κ1) is 14.7. The monoisotopic (exact) mass is 273 g/mol. The maximum atomic E-state index is 4.41. The van der Waals surface area contributed by atoms with Crippen LogP contribution in [0, 0.1) is 0 Å². The van der Waals surface area contributed by atoms with Crippen molar-refractivity contribution in [1.29, 1.82) is 0 Å². The van der Waals surface area contributed by atoms with Gasteiger partial charge < -0.3 is 15.2 Å². The Morgan fingerprint density at radius 2 is 2.05 bits per heavy atom. The van der Waals surface area contributed by atoms with Crippen LogP contribution in [0.25, 0.3) is 11.3 Å². The lowest BCUT2D eigenvalue weighted by Gasteiger charge is -2.09. The van der Waals surface area contributed by atoms with Crippen molar-refractivity contribution in [1.82, 2.24) is 25.2 Å². The number of nitrogens with zero attached hydrogens (tertiary/aromatic N) is 3. The summed E-state index contributed by atoms with van der Waals surface area (Å²) >= 11 is 0. The SMILES string of the molecule is CNCCCn1cncc1-c1ccnc(CCNC)c1. The van der Waals surface area contributed by atoms with E-state index in [-0.39, 0.29) is 0 Å². The maximum Gasteiger partial charge on any atom is 0.0950 e. The van der Waals surface area contributed by atoms with E-state index < -0.39 is 0 Å². The minimum absolute atomic E-state index is 0.942. The van der Waals surface area contributed by atoms with E-state index >= 15 is 0 Å². The van der Waals surface area contributed by atoms with Crippen LogP contribution < -0.4 is 10.6 Å². The molecule has 0 aliphatic carbocycles. The fourth-order valence-electron chi connectivity index (χ4n) is 2.19. The Morgan fingerprint density at radius 3 is 2.85 bits per heavy atom. The van der Waals surface area contributed by atoms with Gasteiger partial charge in [-0.25, -0.2) is 4.98 Å². The lowest BCUT2D eigenvalue weighted by atomic mass is 10.1. The molecule has 0 unspecified atom stereocenters. The van der Waals surface area contributed by atoms with Crippen LogP contribution in [0.2, 0.25) is 0 Å². The normalized spacial score (nSPS) is 10.9. The number of imidazole rings is 1. The molecule has 5 nitrogen and oxygen atoms in total. The molecule has 0 saturated carbocycles. The lowest BCUT2D eigenvalue weighted by Crippen LogP contribution is -2.12. The third-order valence-corrected chi connectivity index (χ3v) is 3.28. The molecule has 2 heterocycles. The van der Waals surface area contributed by atoms with Crippen molar-refractivity contribution in [3.05, 3.63) is 36.5 Å². The summed E-state index contributed by atoms with van der Waals surface area (Å²) in [7, 11) is 3.94. The van der Waals surface area contributed by atoms with Gasteiger partial charge in [0.15, 0.2) is 0 Å². The van der Waals surface area contributed by atoms with Gasteiger partial charge in [0, 0.05) is 37.0 Å². The molecule has 0 aliphatic heterocycles. The summed E-state index contributed by atoms with van der Waals surface area (Å²) in [5.74, 6) is 0. The zero-order valence-corrected chi connectivity index (χ0v) is 12.3. The van der Waals surface area contributed by atoms with Crippen LogP contribution in [0.5, 0.6) is 0 Å². The summed E-state index contributed by atoms with van der Waals surface area (Å²) in [6, 6.07) is 4.21. The first-order valence-corrected chi connectivity index (χ1v) is 7.09. The fraction of sp³-hybridized carbons (Fsp3) is 0.467. The number of pyridine rings is 1. The number of aryl methyl sites for hydroxylation is 1. The highest BCUT2D eigenvalue weighted by Gasteiger charge is 2.06.